The van der Waals surface area contributed by atoms with E-state index in [1.807, 2.05) is 29.2 Å². The van der Waals surface area contributed by atoms with Gasteiger partial charge in [-0.1, -0.05) is 50.0 Å². The standard InChI is InChI=1S/C48H66N2O5/c1-32-8-7-20-46(2)43(41-18-12-33(25-39(51)15-11-32)26-42(41)44(52)37-9-5-4-6-10-37)19-21-48(46,54)31-50(45(53)49-38-13-16-40(55-3)17-14-38)30-47-27-34-22-35(28-47)24-36(23-34)29-47/h8,12-14,16-18,26,34-37,39,43,51,54H,4-7,9-11,15,19-25,27-31H2,1-3H3,(H,49,53)/t34?,35?,36?,39-,43-,46-,47?,48+/m0/s1. The molecule has 0 aliphatic heterocycles. The number of anilines is 1. The number of carbonyl (C=O) groups is 2. The second-order valence-corrected chi connectivity index (χ2v) is 19.6. The minimum Gasteiger partial charge on any atom is -0.497 e. The summed E-state index contributed by atoms with van der Waals surface area (Å²) < 4.78 is 5.39. The third-order valence-corrected chi connectivity index (χ3v) is 15.7. The van der Waals surface area contributed by atoms with Crippen molar-refractivity contribution in [1.82, 2.24) is 4.90 Å². The van der Waals surface area contributed by atoms with E-state index in [9.17, 15) is 19.8 Å². The lowest BCUT2D eigenvalue weighted by molar-refractivity contribution is -0.0975. The number of allylic oxidation sites excluding steroid dienone is 2. The van der Waals surface area contributed by atoms with Gasteiger partial charge in [-0.3, -0.25) is 4.79 Å². The number of fused-ring (bicyclic) bond motifs is 8. The number of ether oxygens (including phenoxy) is 1. The maximum absolute atomic E-state index is 14.6. The lowest BCUT2D eigenvalue weighted by Crippen LogP contribution is -2.58. The van der Waals surface area contributed by atoms with Crippen LogP contribution in [-0.2, 0) is 6.42 Å². The Labute approximate surface area is 329 Å². The van der Waals surface area contributed by atoms with E-state index in [0.717, 1.165) is 97.2 Å². The number of amides is 2. The summed E-state index contributed by atoms with van der Waals surface area (Å²) in [6, 6.07) is 13.8. The van der Waals surface area contributed by atoms with Gasteiger partial charge in [0.15, 0.2) is 5.78 Å². The van der Waals surface area contributed by atoms with Crippen LogP contribution in [0.2, 0.25) is 0 Å². The Morgan fingerprint density at radius 3 is 2.25 bits per heavy atom. The Balaban J connectivity index is 1.16. The van der Waals surface area contributed by atoms with Crippen molar-refractivity contribution in [3.63, 3.8) is 0 Å². The highest BCUT2D eigenvalue weighted by Gasteiger charge is 2.59. The van der Waals surface area contributed by atoms with Crippen molar-refractivity contribution in [2.45, 2.75) is 147 Å². The first kappa shape index (κ1) is 38.7. The summed E-state index contributed by atoms with van der Waals surface area (Å²) in [6.07, 6.45) is 19.6. The fourth-order valence-corrected chi connectivity index (χ4v) is 13.1. The molecule has 6 saturated carbocycles. The number of carbonyl (C=O) groups excluding carboxylic acids is 2. The lowest BCUT2D eigenvalue weighted by atomic mass is 9.49. The Kier molecular flexibility index (Phi) is 11.0. The van der Waals surface area contributed by atoms with E-state index in [-0.39, 0.29) is 35.6 Å². The summed E-state index contributed by atoms with van der Waals surface area (Å²) in [6.45, 7) is 5.35. The van der Waals surface area contributed by atoms with Crippen molar-refractivity contribution in [3.8, 4) is 5.75 Å². The second kappa shape index (κ2) is 15.6. The number of hydrogen-bond acceptors (Lipinski definition) is 5. The topological polar surface area (TPSA) is 99.1 Å². The quantitative estimate of drug-likeness (QED) is 0.184. The molecule has 7 heteroatoms. The molecule has 0 aromatic heterocycles. The number of rotatable bonds is 8. The number of aliphatic hydroxyl groups excluding tert-OH is 1. The van der Waals surface area contributed by atoms with E-state index in [0.29, 0.717) is 25.8 Å². The van der Waals surface area contributed by atoms with Crippen LogP contribution in [0.5, 0.6) is 5.75 Å². The van der Waals surface area contributed by atoms with Crippen LogP contribution in [0.15, 0.2) is 54.1 Å². The molecule has 0 saturated heterocycles. The third kappa shape index (κ3) is 7.91. The predicted molar refractivity (Wildman–Crippen MR) is 219 cm³/mol. The number of ketones is 1. The molecule has 6 fully saturated rings. The Bertz CT molecular complexity index is 1710. The first-order valence-electron chi connectivity index (χ1n) is 21.9. The van der Waals surface area contributed by atoms with Crippen molar-refractivity contribution in [2.24, 2.45) is 34.5 Å². The number of Topliss-reactive ketones (excluding diaryl/α,β-unsaturated/α-hetero) is 1. The largest absolute Gasteiger partial charge is 0.497 e. The molecule has 3 N–H and O–H groups in total. The molecule has 0 spiro atoms. The highest BCUT2D eigenvalue weighted by molar-refractivity contribution is 5.99. The van der Waals surface area contributed by atoms with Crippen LogP contribution >= 0.6 is 0 Å². The van der Waals surface area contributed by atoms with Gasteiger partial charge in [0.2, 0.25) is 0 Å². The normalized spacial score (nSPS) is 34.8. The molecule has 2 aromatic rings. The van der Waals surface area contributed by atoms with Gasteiger partial charge in [0.25, 0.3) is 0 Å². The van der Waals surface area contributed by atoms with Crippen LogP contribution in [0.25, 0.3) is 0 Å². The molecule has 0 heterocycles. The SMILES string of the molecule is COc1ccc(NC(=O)N(CC23CC4CC(CC(C4)C2)C3)C[C@]2(O)CC[C@H]3c4ccc(cc4C(=O)C4CCCCC4)C[C@@H](O)CCC(C)=CCC[C@@]32C)cc1. The summed E-state index contributed by atoms with van der Waals surface area (Å²) in [7, 11) is 1.65. The number of urea groups is 1. The van der Waals surface area contributed by atoms with Gasteiger partial charge in [0.05, 0.1) is 25.4 Å². The Morgan fingerprint density at radius 2 is 1.58 bits per heavy atom. The molecule has 298 valence electrons. The van der Waals surface area contributed by atoms with Crippen molar-refractivity contribution in [3.05, 3.63) is 70.8 Å². The third-order valence-electron chi connectivity index (χ3n) is 15.7. The lowest BCUT2D eigenvalue weighted by Gasteiger charge is -2.58. The number of aliphatic hydroxyl groups is 2. The van der Waals surface area contributed by atoms with E-state index >= 15 is 0 Å². The van der Waals surface area contributed by atoms with Crippen LogP contribution in [0.1, 0.15) is 150 Å². The summed E-state index contributed by atoms with van der Waals surface area (Å²) in [5, 5.41) is 27.7. The minimum atomic E-state index is -1.16. The molecule has 4 atom stereocenters. The Morgan fingerprint density at radius 1 is 0.891 bits per heavy atom. The molecule has 0 unspecified atom stereocenters. The number of benzene rings is 2. The second-order valence-electron chi connectivity index (χ2n) is 19.6. The number of nitrogens with one attached hydrogen (secondary N) is 1. The fourth-order valence-electron chi connectivity index (χ4n) is 13.1. The fraction of sp³-hybridized carbons (Fsp3) is 0.667. The number of nitrogens with zero attached hydrogens (tertiary/aromatic N) is 1. The summed E-state index contributed by atoms with van der Waals surface area (Å²) in [5.41, 5.74) is 3.22. The smallest absolute Gasteiger partial charge is 0.321 e. The van der Waals surface area contributed by atoms with Crippen LogP contribution in [0, 0.1) is 34.5 Å². The zero-order chi connectivity index (χ0) is 38.4. The molecule has 7 nitrogen and oxygen atoms in total. The van der Waals surface area contributed by atoms with Crippen LogP contribution in [0.3, 0.4) is 0 Å². The first-order chi connectivity index (χ1) is 26.4. The van der Waals surface area contributed by atoms with Crippen LogP contribution in [0.4, 0.5) is 10.5 Å². The van der Waals surface area contributed by atoms with Gasteiger partial charge in [-0.2, -0.15) is 0 Å². The van der Waals surface area contributed by atoms with Gasteiger partial charge < -0.3 is 25.2 Å². The van der Waals surface area contributed by atoms with Crippen LogP contribution < -0.4 is 10.1 Å². The van der Waals surface area contributed by atoms with Crippen molar-refractivity contribution < 1.29 is 24.5 Å². The molecule has 2 aromatic carbocycles. The maximum atomic E-state index is 14.6. The van der Waals surface area contributed by atoms with Crippen molar-refractivity contribution >= 4 is 17.5 Å². The average molecular weight is 751 g/mol. The molecule has 55 heavy (non-hydrogen) atoms. The zero-order valence-corrected chi connectivity index (χ0v) is 33.8. The molecule has 8 aliphatic rings. The molecule has 10 rings (SSSR count). The summed E-state index contributed by atoms with van der Waals surface area (Å²) in [4.78, 5) is 31.2. The molecular formula is C48H66N2O5. The molecule has 8 aliphatic carbocycles. The zero-order valence-electron chi connectivity index (χ0n) is 33.8. The molecular weight excluding hydrogens is 685 g/mol. The van der Waals surface area contributed by atoms with Gasteiger partial charge in [0.1, 0.15) is 5.75 Å². The van der Waals surface area contributed by atoms with E-state index in [1.165, 1.54) is 50.5 Å². The molecule has 6 bridgehead atoms. The van der Waals surface area contributed by atoms with Crippen LogP contribution in [-0.4, -0.2) is 58.8 Å². The Hall–Kier alpha value is -3.16. The van der Waals surface area contributed by atoms with E-state index in [2.05, 4.69) is 43.4 Å². The number of hydrogen-bond donors (Lipinski definition) is 3. The van der Waals surface area contributed by atoms with E-state index in [4.69, 9.17) is 4.74 Å². The van der Waals surface area contributed by atoms with Crippen molar-refractivity contribution in [1.29, 1.82) is 0 Å². The summed E-state index contributed by atoms with van der Waals surface area (Å²) >= 11 is 0. The first-order valence-corrected chi connectivity index (χ1v) is 21.9. The minimum absolute atomic E-state index is 0.0288. The number of methoxy groups -OCH3 is 1. The molecule has 0 radical (unpaired) electrons. The van der Waals surface area contributed by atoms with Gasteiger partial charge in [-0.05, 0) is 174 Å². The predicted octanol–water partition coefficient (Wildman–Crippen LogP) is 10.2. The van der Waals surface area contributed by atoms with Crippen molar-refractivity contribution in [2.75, 3.05) is 25.5 Å². The van der Waals surface area contributed by atoms with Gasteiger partial charge in [-0.25, -0.2) is 4.79 Å². The summed E-state index contributed by atoms with van der Waals surface area (Å²) in [5.74, 6) is 3.25. The van der Waals surface area contributed by atoms with E-state index < -0.39 is 17.1 Å². The monoisotopic (exact) mass is 750 g/mol. The van der Waals surface area contributed by atoms with E-state index in [1.54, 1.807) is 7.11 Å². The van der Waals surface area contributed by atoms with Gasteiger partial charge in [-0.15, -0.1) is 0 Å². The average Bonchev–Trinajstić information content (AvgIpc) is 3.41. The highest BCUT2D eigenvalue weighted by Crippen LogP contribution is 2.62. The van der Waals surface area contributed by atoms with Gasteiger partial charge >= 0.3 is 6.03 Å². The maximum Gasteiger partial charge on any atom is 0.321 e. The molecule has 2 amide bonds. The van der Waals surface area contributed by atoms with Gasteiger partial charge in [0, 0.05) is 29.1 Å². The highest BCUT2D eigenvalue weighted by atomic mass is 16.5.